The SMILES string of the molecule is c1cnc(N2CCOCC2)c(CNCc2ccc3c(c2)CCO3)c1. The van der Waals surface area contributed by atoms with E-state index in [-0.39, 0.29) is 0 Å². The molecule has 0 bridgehead atoms. The van der Waals surface area contributed by atoms with Gasteiger partial charge in [-0.05, 0) is 23.3 Å². The van der Waals surface area contributed by atoms with Crippen molar-refractivity contribution in [3.05, 3.63) is 53.2 Å². The number of benzene rings is 1. The Bertz CT molecular complexity index is 699. The fourth-order valence-electron chi connectivity index (χ4n) is 3.32. The summed E-state index contributed by atoms with van der Waals surface area (Å²) in [6.07, 6.45) is 2.89. The molecule has 1 saturated heterocycles. The molecule has 0 amide bonds. The van der Waals surface area contributed by atoms with Gasteiger partial charge in [0.05, 0.1) is 19.8 Å². The fourth-order valence-corrected chi connectivity index (χ4v) is 3.32. The highest BCUT2D eigenvalue weighted by molar-refractivity contribution is 5.47. The van der Waals surface area contributed by atoms with E-state index < -0.39 is 0 Å². The Morgan fingerprint density at radius 1 is 1.08 bits per heavy atom. The van der Waals surface area contributed by atoms with Crippen LogP contribution in [0.4, 0.5) is 5.82 Å². The summed E-state index contributed by atoms with van der Waals surface area (Å²) in [4.78, 5) is 6.90. The van der Waals surface area contributed by atoms with Crippen LogP contribution in [0.5, 0.6) is 5.75 Å². The number of hydrogen-bond donors (Lipinski definition) is 1. The van der Waals surface area contributed by atoms with Crippen molar-refractivity contribution >= 4 is 5.82 Å². The Hall–Kier alpha value is -2.11. The van der Waals surface area contributed by atoms with Crippen LogP contribution in [0.3, 0.4) is 0 Å². The van der Waals surface area contributed by atoms with E-state index in [4.69, 9.17) is 9.47 Å². The van der Waals surface area contributed by atoms with Gasteiger partial charge in [-0.3, -0.25) is 0 Å². The van der Waals surface area contributed by atoms with E-state index in [1.54, 1.807) is 0 Å². The van der Waals surface area contributed by atoms with Crippen molar-refractivity contribution in [2.24, 2.45) is 0 Å². The topological polar surface area (TPSA) is 46.6 Å². The van der Waals surface area contributed by atoms with Crippen molar-refractivity contribution in [1.82, 2.24) is 10.3 Å². The zero-order valence-electron chi connectivity index (χ0n) is 13.8. The van der Waals surface area contributed by atoms with Crippen molar-refractivity contribution in [2.75, 3.05) is 37.8 Å². The Balaban J connectivity index is 1.39. The molecule has 1 aromatic heterocycles. The molecular weight excluding hydrogens is 302 g/mol. The normalized spacial score (nSPS) is 16.8. The Morgan fingerprint density at radius 2 is 2.00 bits per heavy atom. The van der Waals surface area contributed by atoms with Crippen molar-refractivity contribution in [1.29, 1.82) is 0 Å². The predicted octanol–water partition coefficient (Wildman–Crippen LogP) is 2.14. The number of anilines is 1. The van der Waals surface area contributed by atoms with Crippen molar-refractivity contribution in [3.63, 3.8) is 0 Å². The van der Waals surface area contributed by atoms with Crippen LogP contribution in [0, 0.1) is 0 Å². The average molecular weight is 325 g/mol. The van der Waals surface area contributed by atoms with Gasteiger partial charge in [0.1, 0.15) is 11.6 Å². The van der Waals surface area contributed by atoms with Gasteiger partial charge in [-0.15, -0.1) is 0 Å². The van der Waals surface area contributed by atoms with Crippen molar-refractivity contribution in [3.8, 4) is 5.75 Å². The van der Waals surface area contributed by atoms with E-state index >= 15 is 0 Å². The van der Waals surface area contributed by atoms with Gasteiger partial charge < -0.3 is 19.7 Å². The van der Waals surface area contributed by atoms with E-state index in [2.05, 4.69) is 39.5 Å². The van der Waals surface area contributed by atoms with Gasteiger partial charge in [0.25, 0.3) is 0 Å². The Kier molecular flexibility index (Phi) is 4.62. The summed E-state index contributed by atoms with van der Waals surface area (Å²) in [5.74, 6) is 2.12. The standard InChI is InChI=1S/C19H23N3O2/c1-2-17(19(21-6-1)22-7-10-23-11-8-22)14-20-13-15-3-4-18-16(12-15)5-9-24-18/h1-4,6,12,20H,5,7-11,13-14H2. The number of ether oxygens (including phenoxy) is 2. The number of rotatable bonds is 5. The maximum absolute atomic E-state index is 5.57. The summed E-state index contributed by atoms with van der Waals surface area (Å²) in [7, 11) is 0. The third kappa shape index (κ3) is 3.37. The molecule has 2 aliphatic rings. The minimum absolute atomic E-state index is 0.778. The maximum Gasteiger partial charge on any atom is 0.133 e. The molecule has 0 aliphatic carbocycles. The van der Waals surface area contributed by atoms with E-state index in [0.29, 0.717) is 0 Å². The van der Waals surface area contributed by atoms with E-state index in [9.17, 15) is 0 Å². The van der Waals surface area contributed by atoms with Crippen LogP contribution in [-0.4, -0.2) is 37.9 Å². The van der Waals surface area contributed by atoms with Gasteiger partial charge in [-0.1, -0.05) is 18.2 Å². The number of nitrogens with one attached hydrogen (secondary N) is 1. The van der Waals surface area contributed by atoms with Crippen LogP contribution in [0.2, 0.25) is 0 Å². The first-order valence-electron chi connectivity index (χ1n) is 8.62. The van der Waals surface area contributed by atoms with Crippen LogP contribution >= 0.6 is 0 Å². The molecule has 24 heavy (non-hydrogen) atoms. The van der Waals surface area contributed by atoms with Gasteiger partial charge in [0, 0.05) is 44.4 Å². The first kappa shape index (κ1) is 15.4. The average Bonchev–Trinajstić information content (AvgIpc) is 3.11. The van der Waals surface area contributed by atoms with Gasteiger partial charge in [-0.25, -0.2) is 4.98 Å². The van der Waals surface area contributed by atoms with Gasteiger partial charge in [0.15, 0.2) is 0 Å². The van der Waals surface area contributed by atoms with E-state index in [0.717, 1.165) is 64.0 Å². The molecule has 2 aromatic rings. The van der Waals surface area contributed by atoms with Crippen LogP contribution in [0.1, 0.15) is 16.7 Å². The minimum Gasteiger partial charge on any atom is -0.493 e. The molecule has 1 fully saturated rings. The quantitative estimate of drug-likeness (QED) is 0.913. The van der Waals surface area contributed by atoms with Crippen LogP contribution < -0.4 is 15.0 Å². The maximum atomic E-state index is 5.57. The van der Waals surface area contributed by atoms with Gasteiger partial charge in [-0.2, -0.15) is 0 Å². The number of morpholine rings is 1. The molecule has 0 spiro atoms. The fraction of sp³-hybridized carbons (Fsp3) is 0.421. The summed E-state index contributed by atoms with van der Waals surface area (Å²) < 4.78 is 11.0. The molecule has 5 nitrogen and oxygen atoms in total. The Morgan fingerprint density at radius 3 is 2.92 bits per heavy atom. The van der Waals surface area contributed by atoms with Crippen LogP contribution in [0.25, 0.3) is 0 Å². The second-order valence-electron chi connectivity index (χ2n) is 6.23. The first-order chi connectivity index (χ1) is 11.9. The molecule has 0 atom stereocenters. The van der Waals surface area contributed by atoms with Crippen molar-refractivity contribution in [2.45, 2.75) is 19.5 Å². The smallest absolute Gasteiger partial charge is 0.133 e. The van der Waals surface area contributed by atoms with E-state index in [1.165, 1.54) is 16.7 Å². The largest absolute Gasteiger partial charge is 0.493 e. The molecule has 5 heteroatoms. The molecule has 1 aromatic carbocycles. The molecule has 126 valence electrons. The molecule has 4 rings (SSSR count). The highest BCUT2D eigenvalue weighted by Gasteiger charge is 2.16. The molecule has 0 saturated carbocycles. The van der Waals surface area contributed by atoms with Crippen molar-refractivity contribution < 1.29 is 9.47 Å². The van der Waals surface area contributed by atoms with Crippen LogP contribution in [0.15, 0.2) is 36.5 Å². The minimum atomic E-state index is 0.778. The Labute approximate surface area is 142 Å². The molecule has 0 unspecified atom stereocenters. The van der Waals surface area contributed by atoms with Gasteiger partial charge >= 0.3 is 0 Å². The lowest BCUT2D eigenvalue weighted by Crippen LogP contribution is -2.37. The highest BCUT2D eigenvalue weighted by Crippen LogP contribution is 2.26. The number of pyridine rings is 1. The lowest BCUT2D eigenvalue weighted by atomic mass is 10.1. The number of nitrogens with zero attached hydrogens (tertiary/aromatic N) is 2. The summed E-state index contributed by atoms with van der Waals surface area (Å²) in [5.41, 5.74) is 3.87. The summed E-state index contributed by atoms with van der Waals surface area (Å²) in [5, 5.41) is 3.55. The highest BCUT2D eigenvalue weighted by atomic mass is 16.5. The molecule has 0 radical (unpaired) electrons. The summed E-state index contributed by atoms with van der Waals surface area (Å²) >= 11 is 0. The summed E-state index contributed by atoms with van der Waals surface area (Å²) in [6.45, 7) is 5.86. The molecule has 1 N–H and O–H groups in total. The molecular formula is C19H23N3O2. The third-order valence-electron chi connectivity index (χ3n) is 4.58. The second-order valence-corrected chi connectivity index (χ2v) is 6.23. The number of aromatic nitrogens is 1. The molecule has 2 aliphatic heterocycles. The lowest BCUT2D eigenvalue weighted by molar-refractivity contribution is 0.122. The number of fused-ring (bicyclic) bond motifs is 1. The summed E-state index contributed by atoms with van der Waals surface area (Å²) in [6, 6.07) is 10.6. The van der Waals surface area contributed by atoms with Gasteiger partial charge in [0.2, 0.25) is 0 Å². The zero-order chi connectivity index (χ0) is 16.2. The predicted molar refractivity (Wildman–Crippen MR) is 93.5 cm³/mol. The second kappa shape index (κ2) is 7.20. The zero-order valence-corrected chi connectivity index (χ0v) is 13.8. The van der Waals surface area contributed by atoms with E-state index in [1.807, 2.05) is 12.3 Å². The lowest BCUT2D eigenvalue weighted by Gasteiger charge is -2.29. The van der Waals surface area contributed by atoms with Crippen LogP contribution in [-0.2, 0) is 24.2 Å². The number of hydrogen-bond acceptors (Lipinski definition) is 5. The monoisotopic (exact) mass is 325 g/mol. The third-order valence-corrected chi connectivity index (χ3v) is 4.58. The first-order valence-corrected chi connectivity index (χ1v) is 8.62. The molecule has 3 heterocycles.